The molecule has 0 saturated heterocycles. The quantitative estimate of drug-likeness (QED) is 0.768. The third-order valence-electron chi connectivity index (χ3n) is 4.14. The molecule has 0 atom stereocenters. The van der Waals surface area contributed by atoms with Gasteiger partial charge in [0.1, 0.15) is 5.82 Å². The topological polar surface area (TPSA) is 66.5 Å². The average Bonchev–Trinajstić information content (AvgIpc) is 2.61. The van der Waals surface area contributed by atoms with Gasteiger partial charge in [0, 0.05) is 26.6 Å². The third-order valence-corrected chi connectivity index (χ3v) is 6.01. The summed E-state index contributed by atoms with van der Waals surface area (Å²) < 4.78 is 38.9. The molecule has 0 unspecified atom stereocenters. The summed E-state index contributed by atoms with van der Waals surface area (Å²) >= 11 is 0. The molecule has 0 bridgehead atoms. The molecule has 0 heterocycles. The number of sulfonamides is 1. The zero-order valence-corrected chi connectivity index (χ0v) is 15.7. The fourth-order valence-electron chi connectivity index (χ4n) is 2.46. The van der Waals surface area contributed by atoms with Crippen LogP contribution < -0.4 is 5.32 Å². The molecule has 0 aliphatic rings. The Hall–Kier alpha value is -2.25. The Morgan fingerprint density at radius 3 is 2.42 bits per heavy atom. The Kier molecular flexibility index (Phi) is 6.88. The number of carbonyl (C=O) groups is 1. The first-order valence-electron chi connectivity index (χ1n) is 8.34. The molecule has 2 rings (SSSR count). The van der Waals surface area contributed by atoms with Crippen LogP contribution in [0.1, 0.15) is 24.0 Å². The molecule has 1 amide bonds. The van der Waals surface area contributed by atoms with Crippen molar-refractivity contribution in [2.45, 2.75) is 31.2 Å². The van der Waals surface area contributed by atoms with E-state index in [1.165, 1.54) is 23.5 Å². The number of carbonyl (C=O) groups excluding carboxylic acids is 1. The van der Waals surface area contributed by atoms with Crippen LogP contribution in [0, 0.1) is 12.7 Å². The second-order valence-electron chi connectivity index (χ2n) is 6.09. The molecular weight excluding hydrogens is 355 g/mol. The molecule has 5 nitrogen and oxygen atoms in total. The van der Waals surface area contributed by atoms with E-state index in [0.717, 1.165) is 23.3 Å². The van der Waals surface area contributed by atoms with Crippen LogP contribution in [-0.4, -0.2) is 32.2 Å². The van der Waals surface area contributed by atoms with Crippen molar-refractivity contribution in [3.63, 3.8) is 0 Å². The van der Waals surface area contributed by atoms with Crippen molar-refractivity contribution >= 4 is 15.9 Å². The fraction of sp³-hybridized carbons (Fsp3) is 0.316. The Morgan fingerprint density at radius 2 is 1.77 bits per heavy atom. The summed E-state index contributed by atoms with van der Waals surface area (Å²) in [5, 5.41) is 2.84. The standard InChI is InChI=1S/C19H23FN2O3S/c1-15-6-3-4-7-16(15)14-21-19(23)8-5-13-22(2)26(24,25)18-11-9-17(20)10-12-18/h3-4,6-7,9-12H,5,8,13-14H2,1-2H3,(H,21,23). The number of halogens is 1. The maximum absolute atomic E-state index is 12.9. The number of rotatable bonds is 8. The van der Waals surface area contributed by atoms with Gasteiger partial charge in [-0.15, -0.1) is 0 Å². The van der Waals surface area contributed by atoms with Crippen LogP contribution in [0.5, 0.6) is 0 Å². The first-order valence-corrected chi connectivity index (χ1v) is 9.78. The summed E-state index contributed by atoms with van der Waals surface area (Å²) in [6, 6.07) is 12.5. The minimum atomic E-state index is -3.68. The van der Waals surface area contributed by atoms with E-state index in [1.807, 2.05) is 31.2 Å². The van der Waals surface area contributed by atoms with Crippen LogP contribution in [-0.2, 0) is 21.4 Å². The van der Waals surface area contributed by atoms with Crippen molar-refractivity contribution in [1.29, 1.82) is 0 Å². The summed E-state index contributed by atoms with van der Waals surface area (Å²) in [7, 11) is -2.23. The van der Waals surface area contributed by atoms with Crippen molar-refractivity contribution in [2.75, 3.05) is 13.6 Å². The molecule has 26 heavy (non-hydrogen) atoms. The van der Waals surface area contributed by atoms with E-state index in [-0.39, 0.29) is 23.8 Å². The van der Waals surface area contributed by atoms with Crippen LogP contribution in [0.15, 0.2) is 53.4 Å². The van der Waals surface area contributed by atoms with E-state index in [0.29, 0.717) is 13.0 Å². The van der Waals surface area contributed by atoms with Gasteiger partial charge in [0.05, 0.1) is 4.90 Å². The van der Waals surface area contributed by atoms with Gasteiger partial charge < -0.3 is 5.32 Å². The first kappa shape index (κ1) is 20.1. The Morgan fingerprint density at radius 1 is 1.12 bits per heavy atom. The van der Waals surface area contributed by atoms with Gasteiger partial charge in [-0.05, 0) is 48.7 Å². The van der Waals surface area contributed by atoms with Gasteiger partial charge in [-0.1, -0.05) is 24.3 Å². The number of benzene rings is 2. The van der Waals surface area contributed by atoms with E-state index < -0.39 is 15.8 Å². The molecular formula is C19H23FN2O3S. The lowest BCUT2D eigenvalue weighted by molar-refractivity contribution is -0.121. The van der Waals surface area contributed by atoms with Crippen molar-refractivity contribution in [3.05, 3.63) is 65.5 Å². The highest BCUT2D eigenvalue weighted by atomic mass is 32.2. The van der Waals surface area contributed by atoms with E-state index in [9.17, 15) is 17.6 Å². The highest BCUT2D eigenvalue weighted by molar-refractivity contribution is 7.89. The molecule has 7 heteroatoms. The number of nitrogens with zero attached hydrogens (tertiary/aromatic N) is 1. The van der Waals surface area contributed by atoms with E-state index >= 15 is 0 Å². The fourth-order valence-corrected chi connectivity index (χ4v) is 3.67. The molecule has 0 saturated carbocycles. The normalized spacial score (nSPS) is 11.5. The van der Waals surface area contributed by atoms with E-state index in [2.05, 4.69) is 5.32 Å². The summed E-state index contributed by atoms with van der Waals surface area (Å²) in [5.74, 6) is -0.613. The smallest absolute Gasteiger partial charge is 0.242 e. The lowest BCUT2D eigenvalue weighted by Gasteiger charge is -2.17. The molecule has 2 aromatic carbocycles. The maximum Gasteiger partial charge on any atom is 0.242 e. The predicted molar refractivity (Wildman–Crippen MR) is 98.5 cm³/mol. The molecule has 1 N–H and O–H groups in total. The average molecular weight is 378 g/mol. The number of hydrogen-bond acceptors (Lipinski definition) is 3. The Bertz CT molecular complexity index is 851. The first-order chi connectivity index (χ1) is 12.3. The number of aryl methyl sites for hydroxylation is 1. The second-order valence-corrected chi connectivity index (χ2v) is 8.13. The van der Waals surface area contributed by atoms with Crippen LogP contribution in [0.2, 0.25) is 0 Å². The van der Waals surface area contributed by atoms with Gasteiger partial charge in [0.15, 0.2) is 0 Å². The number of hydrogen-bond donors (Lipinski definition) is 1. The van der Waals surface area contributed by atoms with Gasteiger partial charge in [-0.25, -0.2) is 17.1 Å². The van der Waals surface area contributed by atoms with Crippen molar-refractivity contribution in [2.24, 2.45) is 0 Å². The van der Waals surface area contributed by atoms with Crippen LogP contribution in [0.25, 0.3) is 0 Å². The Labute approximate surface area is 153 Å². The van der Waals surface area contributed by atoms with E-state index in [4.69, 9.17) is 0 Å². The van der Waals surface area contributed by atoms with Crippen LogP contribution in [0.4, 0.5) is 4.39 Å². The summed E-state index contributed by atoms with van der Waals surface area (Å²) in [6.07, 6.45) is 0.631. The minimum Gasteiger partial charge on any atom is -0.352 e. The monoisotopic (exact) mass is 378 g/mol. The second kappa shape index (κ2) is 8.91. The van der Waals surface area contributed by atoms with Crippen molar-refractivity contribution in [1.82, 2.24) is 9.62 Å². The Balaban J connectivity index is 1.80. The van der Waals surface area contributed by atoms with Crippen molar-refractivity contribution < 1.29 is 17.6 Å². The SMILES string of the molecule is Cc1ccccc1CNC(=O)CCCN(C)S(=O)(=O)c1ccc(F)cc1. The minimum absolute atomic E-state index is 0.0328. The van der Waals surface area contributed by atoms with Crippen molar-refractivity contribution in [3.8, 4) is 0 Å². The summed E-state index contributed by atoms with van der Waals surface area (Å²) in [4.78, 5) is 12.0. The zero-order valence-electron chi connectivity index (χ0n) is 14.9. The maximum atomic E-state index is 12.9. The molecule has 140 valence electrons. The van der Waals surface area contributed by atoms with Crippen LogP contribution >= 0.6 is 0 Å². The molecule has 0 aromatic heterocycles. The van der Waals surface area contributed by atoms with Gasteiger partial charge >= 0.3 is 0 Å². The summed E-state index contributed by atoms with van der Waals surface area (Å²) in [5.41, 5.74) is 2.16. The van der Waals surface area contributed by atoms with Gasteiger partial charge in [-0.3, -0.25) is 4.79 Å². The highest BCUT2D eigenvalue weighted by Crippen LogP contribution is 2.15. The number of nitrogens with one attached hydrogen (secondary N) is 1. The molecule has 0 aliphatic heterocycles. The molecule has 0 aliphatic carbocycles. The lowest BCUT2D eigenvalue weighted by atomic mass is 10.1. The third kappa shape index (κ3) is 5.37. The number of amides is 1. The molecule has 0 fully saturated rings. The summed E-state index contributed by atoms with van der Waals surface area (Å²) in [6.45, 7) is 2.64. The van der Waals surface area contributed by atoms with Gasteiger partial charge in [0.2, 0.25) is 15.9 Å². The largest absolute Gasteiger partial charge is 0.352 e. The van der Waals surface area contributed by atoms with E-state index in [1.54, 1.807) is 0 Å². The van der Waals surface area contributed by atoms with Gasteiger partial charge in [0.25, 0.3) is 0 Å². The van der Waals surface area contributed by atoms with Gasteiger partial charge in [-0.2, -0.15) is 0 Å². The predicted octanol–water partition coefficient (Wildman–Crippen LogP) is 2.85. The highest BCUT2D eigenvalue weighted by Gasteiger charge is 2.20. The lowest BCUT2D eigenvalue weighted by Crippen LogP contribution is -2.29. The molecule has 2 aromatic rings. The van der Waals surface area contributed by atoms with Crippen LogP contribution in [0.3, 0.4) is 0 Å². The zero-order chi connectivity index (χ0) is 19.2. The molecule has 0 spiro atoms. The molecule has 0 radical (unpaired) electrons.